The Morgan fingerprint density at radius 1 is 1.18 bits per heavy atom. The highest BCUT2D eigenvalue weighted by Crippen LogP contribution is 2.37. The van der Waals surface area contributed by atoms with Crippen molar-refractivity contribution in [3.63, 3.8) is 0 Å². The van der Waals surface area contributed by atoms with Crippen LogP contribution in [0.2, 0.25) is 0 Å². The van der Waals surface area contributed by atoms with Crippen LogP contribution in [0.15, 0.2) is 52.3 Å². The molecule has 0 aliphatic rings. The molecule has 0 aliphatic carbocycles. The quantitative estimate of drug-likeness (QED) is 0.589. The van der Waals surface area contributed by atoms with Crippen molar-refractivity contribution < 1.29 is 9.31 Å². The summed E-state index contributed by atoms with van der Waals surface area (Å²) in [6.07, 6.45) is 0. The smallest absolute Gasteiger partial charge is 0.283 e. The van der Waals surface area contributed by atoms with Crippen molar-refractivity contribution in [1.82, 2.24) is 4.90 Å². The lowest BCUT2D eigenvalue weighted by atomic mass is 10.2. The van der Waals surface area contributed by atoms with Crippen LogP contribution in [0.1, 0.15) is 11.1 Å². The molecule has 2 aromatic rings. The molecule has 0 saturated heterocycles. The summed E-state index contributed by atoms with van der Waals surface area (Å²) in [4.78, 5) is 14.3. The van der Waals surface area contributed by atoms with Gasteiger partial charge in [0.1, 0.15) is 6.67 Å². The first-order valence-electron chi connectivity index (χ1n) is 6.75. The summed E-state index contributed by atoms with van der Waals surface area (Å²) in [7, 11) is 3.94. The maximum atomic E-state index is 12.7. The molecule has 0 aromatic heterocycles. The van der Waals surface area contributed by atoms with Crippen molar-refractivity contribution in [2.24, 2.45) is 0 Å². The predicted molar refractivity (Wildman–Crippen MR) is 85.9 cm³/mol. The number of hydrogen-bond donors (Lipinski definition) is 0. The molecular weight excluding hydrogens is 303 g/mol. The van der Waals surface area contributed by atoms with E-state index in [4.69, 9.17) is 0 Å². The Morgan fingerprint density at radius 2 is 1.91 bits per heavy atom. The van der Waals surface area contributed by atoms with Gasteiger partial charge in [-0.25, -0.2) is 4.39 Å². The Hall–Kier alpha value is -1.92. The van der Waals surface area contributed by atoms with Gasteiger partial charge in [-0.15, -0.1) is 0 Å². The Labute approximate surface area is 133 Å². The van der Waals surface area contributed by atoms with E-state index in [1.54, 1.807) is 12.1 Å². The molecular formula is C16H17FN2O2S. The van der Waals surface area contributed by atoms with Crippen LogP contribution in [0.25, 0.3) is 0 Å². The Kier molecular flexibility index (Phi) is 5.51. The molecule has 116 valence electrons. The van der Waals surface area contributed by atoms with Crippen LogP contribution in [0.3, 0.4) is 0 Å². The number of nitrogens with zero attached hydrogens (tertiary/aromatic N) is 2. The lowest BCUT2D eigenvalue weighted by Crippen LogP contribution is -2.11. The van der Waals surface area contributed by atoms with E-state index in [1.165, 1.54) is 17.8 Å². The molecule has 0 unspecified atom stereocenters. The van der Waals surface area contributed by atoms with Gasteiger partial charge in [0, 0.05) is 17.5 Å². The number of hydrogen-bond acceptors (Lipinski definition) is 4. The first kappa shape index (κ1) is 16.5. The van der Waals surface area contributed by atoms with Gasteiger partial charge in [0.05, 0.1) is 9.82 Å². The molecule has 0 aliphatic heterocycles. The van der Waals surface area contributed by atoms with Crippen LogP contribution in [0, 0.1) is 10.1 Å². The summed E-state index contributed by atoms with van der Waals surface area (Å²) in [6, 6.07) is 12.3. The average Bonchev–Trinajstić information content (AvgIpc) is 2.49. The number of halogens is 1. The summed E-state index contributed by atoms with van der Waals surface area (Å²) in [5.74, 6) is 0. The van der Waals surface area contributed by atoms with Gasteiger partial charge in [0.25, 0.3) is 5.69 Å². The van der Waals surface area contributed by atoms with Gasteiger partial charge in [-0.3, -0.25) is 10.1 Å². The highest BCUT2D eigenvalue weighted by molar-refractivity contribution is 7.99. The van der Waals surface area contributed by atoms with Crippen LogP contribution in [-0.4, -0.2) is 23.9 Å². The maximum Gasteiger partial charge on any atom is 0.283 e. The van der Waals surface area contributed by atoms with Crippen LogP contribution in [0.4, 0.5) is 10.1 Å². The number of benzene rings is 2. The molecule has 0 spiro atoms. The lowest BCUT2D eigenvalue weighted by molar-refractivity contribution is -0.387. The molecule has 0 N–H and O–H groups in total. The van der Waals surface area contributed by atoms with Gasteiger partial charge < -0.3 is 4.90 Å². The Morgan fingerprint density at radius 3 is 2.55 bits per heavy atom. The molecule has 0 heterocycles. The van der Waals surface area contributed by atoms with Gasteiger partial charge in [0.2, 0.25) is 0 Å². The second-order valence-electron chi connectivity index (χ2n) is 5.14. The van der Waals surface area contributed by atoms with Gasteiger partial charge in [-0.05, 0) is 37.4 Å². The third kappa shape index (κ3) is 4.05. The van der Waals surface area contributed by atoms with Crippen molar-refractivity contribution in [2.45, 2.75) is 23.0 Å². The van der Waals surface area contributed by atoms with Gasteiger partial charge in [-0.2, -0.15) is 0 Å². The first-order chi connectivity index (χ1) is 10.5. The van der Waals surface area contributed by atoms with Crippen molar-refractivity contribution in [2.75, 3.05) is 14.1 Å². The average molecular weight is 320 g/mol. The third-order valence-corrected chi connectivity index (χ3v) is 4.24. The molecule has 2 rings (SSSR count). The molecule has 0 atom stereocenters. The van der Waals surface area contributed by atoms with Crippen LogP contribution in [-0.2, 0) is 13.2 Å². The van der Waals surface area contributed by atoms with Crippen LogP contribution >= 0.6 is 11.8 Å². The number of nitro benzene ring substituents is 1. The summed E-state index contributed by atoms with van der Waals surface area (Å²) in [6.45, 7) is 0.0442. The molecule has 0 amide bonds. The summed E-state index contributed by atoms with van der Waals surface area (Å²) in [5, 5.41) is 11.2. The highest BCUT2D eigenvalue weighted by Gasteiger charge is 2.17. The number of rotatable bonds is 6. The zero-order chi connectivity index (χ0) is 16.1. The molecule has 4 nitrogen and oxygen atoms in total. The molecule has 0 saturated carbocycles. The second-order valence-corrected chi connectivity index (χ2v) is 6.22. The summed E-state index contributed by atoms with van der Waals surface area (Å²) in [5.41, 5.74) is 1.36. The van der Waals surface area contributed by atoms with Crippen LogP contribution in [0.5, 0.6) is 0 Å². The minimum absolute atomic E-state index is 0.0557. The van der Waals surface area contributed by atoms with Crippen molar-refractivity contribution in [1.29, 1.82) is 0 Å². The normalized spacial score (nSPS) is 10.9. The van der Waals surface area contributed by atoms with Crippen molar-refractivity contribution >= 4 is 17.4 Å². The molecule has 6 heteroatoms. The van der Waals surface area contributed by atoms with E-state index in [-0.39, 0.29) is 5.69 Å². The zero-order valence-electron chi connectivity index (χ0n) is 12.5. The third-order valence-electron chi connectivity index (χ3n) is 3.05. The van der Waals surface area contributed by atoms with Gasteiger partial charge in [-0.1, -0.05) is 36.0 Å². The predicted octanol–water partition coefficient (Wildman–Crippen LogP) is 4.28. The van der Waals surface area contributed by atoms with E-state index >= 15 is 0 Å². The van der Waals surface area contributed by atoms with E-state index in [2.05, 4.69) is 0 Å². The molecule has 22 heavy (non-hydrogen) atoms. The molecule has 0 radical (unpaired) electrons. The Bertz CT molecular complexity index is 677. The van der Waals surface area contributed by atoms with Crippen molar-refractivity contribution in [3.05, 3.63) is 63.7 Å². The fourth-order valence-corrected chi connectivity index (χ4v) is 3.09. The van der Waals surface area contributed by atoms with E-state index in [9.17, 15) is 14.5 Å². The fraction of sp³-hybridized carbons (Fsp3) is 0.250. The van der Waals surface area contributed by atoms with E-state index in [1.807, 2.05) is 43.3 Å². The van der Waals surface area contributed by atoms with Crippen LogP contribution < -0.4 is 0 Å². The maximum absolute atomic E-state index is 12.7. The van der Waals surface area contributed by atoms with E-state index < -0.39 is 11.6 Å². The Balaban J connectivity index is 2.37. The number of nitro groups is 1. The minimum Gasteiger partial charge on any atom is -0.305 e. The minimum atomic E-state index is -0.705. The molecule has 0 bridgehead atoms. The van der Waals surface area contributed by atoms with E-state index in [0.717, 1.165) is 17.0 Å². The highest BCUT2D eigenvalue weighted by atomic mass is 32.2. The lowest BCUT2D eigenvalue weighted by Gasteiger charge is -2.14. The molecule has 0 fully saturated rings. The summed E-state index contributed by atoms with van der Waals surface area (Å²) < 4.78 is 12.7. The fourth-order valence-electron chi connectivity index (χ4n) is 2.07. The largest absolute Gasteiger partial charge is 0.305 e. The monoisotopic (exact) mass is 320 g/mol. The standard InChI is InChI=1S/C16H17FN2O2S/c1-18(2)11-13-5-3-4-6-15(13)22-16-8-7-12(10-17)9-14(16)19(20)21/h3-9H,10-11H2,1-2H3. The first-order valence-corrected chi connectivity index (χ1v) is 7.56. The SMILES string of the molecule is CN(C)Cc1ccccc1Sc1ccc(CF)cc1[N+](=O)[O-]. The van der Waals surface area contributed by atoms with E-state index in [0.29, 0.717) is 10.5 Å². The van der Waals surface area contributed by atoms with Gasteiger partial charge in [0.15, 0.2) is 0 Å². The molecule has 2 aromatic carbocycles. The van der Waals surface area contributed by atoms with Gasteiger partial charge >= 0.3 is 0 Å². The zero-order valence-corrected chi connectivity index (χ0v) is 13.3. The summed E-state index contributed by atoms with van der Waals surface area (Å²) >= 11 is 1.34. The second kappa shape index (κ2) is 7.38. The number of alkyl halides is 1. The van der Waals surface area contributed by atoms with Crippen molar-refractivity contribution in [3.8, 4) is 0 Å². The topological polar surface area (TPSA) is 46.4 Å².